The van der Waals surface area contributed by atoms with Gasteiger partial charge in [-0.05, 0) is 13.8 Å². The number of hydrogen-bond acceptors (Lipinski definition) is 0. The van der Waals surface area contributed by atoms with E-state index in [1.807, 2.05) is 0 Å². The molecule has 0 amide bonds. The maximum absolute atomic E-state index is 3.25. The van der Waals surface area contributed by atoms with E-state index in [1.54, 1.807) is 13.8 Å². The predicted molar refractivity (Wildman–Crippen MR) is 140 cm³/mol. The van der Waals surface area contributed by atoms with Gasteiger partial charge in [0, 0.05) is 0 Å². The molecule has 0 N–H and O–H groups in total. The molecular weight excluding hydrogens is 503 g/mol. The average molecular weight is 537 g/mol. The number of benzene rings is 2. The summed E-state index contributed by atoms with van der Waals surface area (Å²) in [6.07, 6.45) is 0. The van der Waals surface area contributed by atoms with E-state index in [-0.39, 0.29) is 24.8 Å². The summed E-state index contributed by atoms with van der Waals surface area (Å²) in [7, 11) is 0. The molecule has 2 radical (unpaired) electrons. The first-order valence-corrected chi connectivity index (χ1v) is 13.6. The van der Waals surface area contributed by atoms with Gasteiger partial charge in [0.05, 0.1) is 0 Å². The Bertz CT molecular complexity index is 876. The molecule has 0 aliphatic heterocycles. The van der Waals surface area contributed by atoms with Crippen molar-refractivity contribution in [2.75, 3.05) is 0 Å². The molecule has 0 saturated heterocycles. The van der Waals surface area contributed by atoms with Crippen LogP contribution in [-0.2, 0) is 23.3 Å². The summed E-state index contributed by atoms with van der Waals surface area (Å²) in [5.74, 6) is 0. The zero-order valence-corrected chi connectivity index (χ0v) is 24.1. The van der Waals surface area contributed by atoms with Gasteiger partial charge in [0.15, 0.2) is 0 Å². The van der Waals surface area contributed by atoms with E-state index >= 15 is 0 Å². The quantitative estimate of drug-likeness (QED) is 0.156. The summed E-state index contributed by atoms with van der Waals surface area (Å²) < 4.78 is 0. The van der Waals surface area contributed by atoms with Gasteiger partial charge in [0.1, 0.15) is 0 Å². The van der Waals surface area contributed by atoms with Gasteiger partial charge < -0.3 is 13.8 Å². The zero-order chi connectivity index (χ0) is 21.7. The standard InChI is InChI=1S/2C11H11.2C2H5.2ClH.Si.Zr/c2*1-8-6-10-5-3-4-9(2)11(10)7-8;2*1-2;;;;/h2*3-7H,1-2H3;2*1H2,2H3;2*1H;;/q4*-1;;;;. The van der Waals surface area contributed by atoms with Crippen molar-refractivity contribution in [1.29, 1.82) is 0 Å². The van der Waals surface area contributed by atoms with Crippen molar-refractivity contribution in [3.05, 3.63) is 96.8 Å². The molecule has 4 aromatic carbocycles. The summed E-state index contributed by atoms with van der Waals surface area (Å²) in [5.41, 5.74) is 5.45. The van der Waals surface area contributed by atoms with Gasteiger partial charge in [0.2, 0.25) is 0 Å². The molecule has 4 heteroatoms. The Kier molecular flexibility index (Phi) is 21.6. The van der Waals surface area contributed by atoms with E-state index in [0.717, 1.165) is 0 Å². The Morgan fingerprint density at radius 3 is 1.20 bits per heavy atom. The van der Waals surface area contributed by atoms with Crippen LogP contribution in [0.3, 0.4) is 0 Å². The van der Waals surface area contributed by atoms with E-state index in [1.165, 1.54) is 67.1 Å². The first-order chi connectivity index (χ1) is 13.5. The molecule has 4 aromatic rings. The predicted octanol–water partition coefficient (Wildman–Crippen LogP) is 8.49. The van der Waals surface area contributed by atoms with Gasteiger partial charge in [0.25, 0.3) is 0 Å². The summed E-state index contributed by atoms with van der Waals surface area (Å²) >= 11 is 1.36. The maximum atomic E-state index is 3.25. The van der Waals surface area contributed by atoms with Gasteiger partial charge in [-0.2, -0.15) is 26.0 Å². The fourth-order valence-corrected chi connectivity index (χ4v) is 3.08. The van der Waals surface area contributed by atoms with Crippen LogP contribution in [0.5, 0.6) is 0 Å². The minimum atomic E-state index is 0. The van der Waals surface area contributed by atoms with E-state index < -0.39 is 0 Å². The average Bonchev–Trinajstić information content (AvgIpc) is 3.30. The molecule has 0 aliphatic rings. The number of hydrogen-bond donors (Lipinski definition) is 0. The normalized spacial score (nSPS) is 8.37. The van der Waals surface area contributed by atoms with E-state index in [4.69, 9.17) is 0 Å². The Morgan fingerprint density at radius 2 is 0.933 bits per heavy atom. The van der Waals surface area contributed by atoms with E-state index in [9.17, 15) is 0 Å². The molecule has 0 fully saturated rings. The van der Waals surface area contributed by atoms with Crippen LogP contribution in [0.4, 0.5) is 0 Å². The number of rotatable bonds is 0. The van der Waals surface area contributed by atoms with Crippen LogP contribution < -0.4 is 0 Å². The van der Waals surface area contributed by atoms with Gasteiger partial charge >= 0.3 is 30.2 Å². The van der Waals surface area contributed by atoms with Crippen LogP contribution >= 0.6 is 24.8 Å². The zero-order valence-electron chi connectivity index (χ0n) is 19.0. The SMILES string of the molecule is Cc1cc2c(C)cccc2[cH-]1.Cc1cc2c(C)cccc2[cH-]1.Cl.Cl.[CH2-]C.[CH2-]C.[Si]=[Zr]. The monoisotopic (exact) mass is 534 g/mol. The number of fused-ring (bicyclic) bond motifs is 2. The topological polar surface area (TPSA) is 0 Å². The molecule has 0 unspecified atom stereocenters. The Morgan fingerprint density at radius 1 is 0.633 bits per heavy atom. The summed E-state index contributed by atoms with van der Waals surface area (Å²) in [5, 5.41) is 5.51. The van der Waals surface area contributed by atoms with Crippen molar-refractivity contribution in [2.45, 2.75) is 41.5 Å². The van der Waals surface area contributed by atoms with Crippen LogP contribution in [0.15, 0.2) is 60.7 Å². The van der Waals surface area contributed by atoms with Crippen LogP contribution in [0.2, 0.25) is 0 Å². The second-order valence-corrected chi connectivity index (χ2v) is 6.22. The summed E-state index contributed by atoms with van der Waals surface area (Å²) in [4.78, 5) is 0. The van der Waals surface area contributed by atoms with Crippen LogP contribution in [0, 0.1) is 41.5 Å². The molecule has 164 valence electrons. The molecular formula is C26H34Cl2SiZr-4. The van der Waals surface area contributed by atoms with Gasteiger partial charge in [-0.15, -0.1) is 93.9 Å². The number of aryl methyl sites for hydroxylation is 4. The van der Waals surface area contributed by atoms with Gasteiger partial charge in [-0.25, -0.2) is 0 Å². The molecule has 30 heavy (non-hydrogen) atoms. The molecule has 0 atom stereocenters. The summed E-state index contributed by atoms with van der Waals surface area (Å²) in [6, 6.07) is 21.8. The van der Waals surface area contributed by atoms with Crippen LogP contribution in [0.25, 0.3) is 21.5 Å². The van der Waals surface area contributed by atoms with Gasteiger partial charge in [-0.1, -0.05) is 37.1 Å². The first kappa shape index (κ1) is 34.0. The van der Waals surface area contributed by atoms with Gasteiger partial charge in [-0.3, -0.25) is 0 Å². The van der Waals surface area contributed by atoms with Crippen LogP contribution in [-0.4, -0.2) is 6.88 Å². The van der Waals surface area contributed by atoms with E-state index in [2.05, 4.69) is 109 Å². The molecule has 4 rings (SSSR count). The number of halogens is 2. The van der Waals surface area contributed by atoms with Crippen molar-refractivity contribution in [3.63, 3.8) is 0 Å². The molecule has 0 nitrogen and oxygen atoms in total. The van der Waals surface area contributed by atoms with Crippen molar-refractivity contribution in [3.8, 4) is 0 Å². The van der Waals surface area contributed by atoms with Crippen molar-refractivity contribution in [2.24, 2.45) is 0 Å². The third-order valence-corrected chi connectivity index (χ3v) is 4.23. The first-order valence-electron chi connectivity index (χ1n) is 9.46. The van der Waals surface area contributed by atoms with Crippen molar-refractivity contribution < 1.29 is 23.3 Å². The molecule has 0 aliphatic carbocycles. The molecule has 0 aromatic heterocycles. The molecule has 0 bridgehead atoms. The van der Waals surface area contributed by atoms with Crippen LogP contribution in [0.1, 0.15) is 36.1 Å². The second-order valence-electron chi connectivity index (χ2n) is 6.22. The minimum absolute atomic E-state index is 0. The third kappa shape index (κ3) is 10.1. The Labute approximate surface area is 213 Å². The fourth-order valence-electron chi connectivity index (χ4n) is 3.08. The molecule has 0 spiro atoms. The van der Waals surface area contributed by atoms with Crippen molar-refractivity contribution in [1.82, 2.24) is 0 Å². The molecule has 0 heterocycles. The molecule has 0 saturated carbocycles. The summed E-state index contributed by atoms with van der Waals surface area (Å²) in [6.45, 7) is 21.6. The Hall–Kier alpha value is -0.660. The fraction of sp³-hybridized carbons (Fsp3) is 0.231. The Balaban J connectivity index is -0.000000370. The van der Waals surface area contributed by atoms with Crippen molar-refractivity contribution >= 4 is 53.2 Å². The third-order valence-electron chi connectivity index (χ3n) is 4.23. The second kappa shape index (κ2) is 19.1. The van der Waals surface area contributed by atoms with E-state index in [0.29, 0.717) is 0 Å².